The maximum atomic E-state index is 11.4. The first-order chi connectivity index (χ1) is 7.28. The monoisotopic (exact) mass is 230 g/mol. The third kappa shape index (κ3) is 6.40. The van der Waals surface area contributed by atoms with Crippen molar-refractivity contribution in [3.05, 3.63) is 0 Å². The largest absolute Gasteiger partial charge is 0.396 e. The van der Waals surface area contributed by atoms with Gasteiger partial charge in [-0.2, -0.15) is 0 Å². The Hall–Kier alpha value is -1.10. The summed E-state index contributed by atoms with van der Waals surface area (Å²) in [6.45, 7) is 6.04. The molecule has 0 unspecified atom stereocenters. The molecule has 0 rings (SSSR count). The summed E-state index contributed by atoms with van der Waals surface area (Å²) in [5.41, 5.74) is -0.126. The third-order valence-electron chi connectivity index (χ3n) is 2.47. The van der Waals surface area contributed by atoms with Crippen LogP contribution < -0.4 is 5.32 Å². The number of hydrogen-bond acceptors (Lipinski definition) is 3. The molecule has 0 radical (unpaired) electrons. The van der Waals surface area contributed by atoms with E-state index in [1.165, 1.54) is 11.8 Å². The Morgan fingerprint density at radius 3 is 2.38 bits per heavy atom. The Bertz CT molecular complexity index is 252. The van der Waals surface area contributed by atoms with E-state index in [0.29, 0.717) is 13.0 Å². The minimum Gasteiger partial charge on any atom is -0.396 e. The number of aliphatic hydroxyl groups excluding tert-OH is 1. The number of carbonyl (C=O) groups excluding carboxylic acids is 2. The van der Waals surface area contributed by atoms with Gasteiger partial charge in [0.25, 0.3) is 0 Å². The van der Waals surface area contributed by atoms with E-state index < -0.39 is 0 Å². The number of carbonyl (C=O) groups is 2. The molecule has 0 aromatic rings. The maximum absolute atomic E-state index is 11.4. The first-order valence-corrected chi connectivity index (χ1v) is 5.38. The van der Waals surface area contributed by atoms with Crippen molar-refractivity contribution in [3.8, 4) is 0 Å². The van der Waals surface area contributed by atoms with Crippen molar-refractivity contribution in [2.75, 3.05) is 26.7 Å². The van der Waals surface area contributed by atoms with E-state index in [2.05, 4.69) is 5.32 Å². The summed E-state index contributed by atoms with van der Waals surface area (Å²) in [4.78, 5) is 23.7. The molecule has 2 N–H and O–H groups in total. The molecule has 0 saturated carbocycles. The van der Waals surface area contributed by atoms with Crippen molar-refractivity contribution in [1.29, 1.82) is 0 Å². The predicted molar refractivity (Wildman–Crippen MR) is 61.8 cm³/mol. The molecule has 0 aliphatic rings. The van der Waals surface area contributed by atoms with Gasteiger partial charge in [-0.25, -0.2) is 0 Å². The van der Waals surface area contributed by atoms with Gasteiger partial charge in [0.2, 0.25) is 11.8 Å². The second kappa shape index (κ2) is 6.48. The van der Waals surface area contributed by atoms with Crippen LogP contribution in [0, 0.1) is 5.41 Å². The smallest absolute Gasteiger partial charge is 0.239 e. The van der Waals surface area contributed by atoms with Crippen molar-refractivity contribution in [2.24, 2.45) is 5.41 Å². The molecule has 0 aromatic carbocycles. The van der Waals surface area contributed by atoms with Gasteiger partial charge in [0.15, 0.2) is 0 Å². The number of amides is 2. The summed E-state index contributed by atoms with van der Waals surface area (Å²) in [6.07, 6.45) is 0.635. The first kappa shape index (κ1) is 14.9. The molecule has 0 spiro atoms. The van der Waals surface area contributed by atoms with Crippen molar-refractivity contribution < 1.29 is 14.7 Å². The summed E-state index contributed by atoms with van der Waals surface area (Å²) < 4.78 is 0. The lowest BCUT2D eigenvalue weighted by Gasteiger charge is -2.24. The Labute approximate surface area is 96.8 Å². The maximum Gasteiger partial charge on any atom is 0.239 e. The highest BCUT2D eigenvalue weighted by Crippen LogP contribution is 2.17. The number of rotatable bonds is 6. The molecular weight excluding hydrogens is 208 g/mol. The molecule has 0 aromatic heterocycles. The Kier molecular flexibility index (Phi) is 6.03. The average Bonchev–Trinajstić information content (AvgIpc) is 2.14. The molecule has 0 bridgehead atoms. The number of aliphatic hydroxyl groups is 1. The van der Waals surface area contributed by atoms with Gasteiger partial charge >= 0.3 is 0 Å². The fourth-order valence-corrected chi connectivity index (χ4v) is 1.11. The number of hydrogen-bond donors (Lipinski definition) is 2. The van der Waals surface area contributed by atoms with Crippen LogP contribution in [0.1, 0.15) is 27.2 Å². The number of nitrogens with zero attached hydrogens (tertiary/aromatic N) is 1. The van der Waals surface area contributed by atoms with Crippen molar-refractivity contribution in [2.45, 2.75) is 27.2 Å². The van der Waals surface area contributed by atoms with Crippen LogP contribution in [0.4, 0.5) is 0 Å². The first-order valence-electron chi connectivity index (χ1n) is 5.38. The van der Waals surface area contributed by atoms with E-state index in [0.717, 1.165) is 0 Å². The molecular formula is C11H22N2O3. The summed E-state index contributed by atoms with van der Waals surface area (Å²) in [6, 6.07) is 0. The number of likely N-dealkylation sites (N-methyl/N-ethyl adjacent to an activating group) is 1. The highest BCUT2D eigenvalue weighted by molar-refractivity contribution is 5.83. The second-order valence-corrected chi connectivity index (χ2v) is 4.79. The van der Waals surface area contributed by atoms with E-state index in [9.17, 15) is 9.59 Å². The van der Waals surface area contributed by atoms with Crippen LogP contribution in [0.2, 0.25) is 0 Å². The van der Waals surface area contributed by atoms with E-state index in [1.54, 1.807) is 7.05 Å². The van der Waals surface area contributed by atoms with Crippen LogP contribution in [-0.2, 0) is 9.59 Å². The van der Waals surface area contributed by atoms with Crippen LogP contribution in [-0.4, -0.2) is 48.6 Å². The Balaban J connectivity index is 3.94. The van der Waals surface area contributed by atoms with Gasteiger partial charge in [-0.05, 0) is 11.8 Å². The van der Waals surface area contributed by atoms with Crippen LogP contribution in [0.25, 0.3) is 0 Å². The van der Waals surface area contributed by atoms with Crippen molar-refractivity contribution in [1.82, 2.24) is 10.2 Å². The van der Waals surface area contributed by atoms with Gasteiger partial charge in [-0.3, -0.25) is 9.59 Å². The van der Waals surface area contributed by atoms with E-state index in [1.807, 2.05) is 13.8 Å². The SMILES string of the molecule is CC(=O)N(C)CC(=O)NCC(C)(C)CCO. The number of nitrogens with one attached hydrogen (secondary N) is 1. The topological polar surface area (TPSA) is 69.6 Å². The Morgan fingerprint density at radius 1 is 1.38 bits per heavy atom. The molecule has 16 heavy (non-hydrogen) atoms. The van der Waals surface area contributed by atoms with Gasteiger partial charge < -0.3 is 15.3 Å². The fourth-order valence-electron chi connectivity index (χ4n) is 1.11. The standard InChI is InChI=1S/C11H22N2O3/c1-9(15)13(4)7-10(16)12-8-11(2,3)5-6-14/h14H,5-8H2,1-4H3,(H,12,16). The lowest BCUT2D eigenvalue weighted by Crippen LogP contribution is -2.41. The summed E-state index contributed by atoms with van der Waals surface area (Å²) in [5, 5.41) is 11.6. The third-order valence-corrected chi connectivity index (χ3v) is 2.47. The molecule has 0 atom stereocenters. The molecule has 0 fully saturated rings. The minimum atomic E-state index is -0.177. The molecule has 2 amide bonds. The van der Waals surface area contributed by atoms with Gasteiger partial charge in [0, 0.05) is 27.1 Å². The van der Waals surface area contributed by atoms with E-state index in [-0.39, 0.29) is 30.4 Å². The van der Waals surface area contributed by atoms with Crippen molar-refractivity contribution >= 4 is 11.8 Å². The highest BCUT2D eigenvalue weighted by atomic mass is 16.3. The van der Waals surface area contributed by atoms with Gasteiger partial charge in [0.05, 0.1) is 6.54 Å². The molecule has 0 saturated heterocycles. The Morgan fingerprint density at radius 2 is 1.94 bits per heavy atom. The zero-order valence-corrected chi connectivity index (χ0v) is 10.5. The quantitative estimate of drug-likeness (QED) is 0.674. The van der Waals surface area contributed by atoms with Crippen LogP contribution in [0.5, 0.6) is 0 Å². The zero-order chi connectivity index (χ0) is 12.8. The molecule has 94 valence electrons. The second-order valence-electron chi connectivity index (χ2n) is 4.79. The lowest BCUT2D eigenvalue weighted by molar-refractivity contribution is -0.133. The zero-order valence-electron chi connectivity index (χ0n) is 10.5. The van der Waals surface area contributed by atoms with E-state index >= 15 is 0 Å². The van der Waals surface area contributed by atoms with Crippen LogP contribution in [0.3, 0.4) is 0 Å². The lowest BCUT2D eigenvalue weighted by atomic mass is 9.90. The molecule has 5 heteroatoms. The fraction of sp³-hybridized carbons (Fsp3) is 0.818. The molecule has 5 nitrogen and oxygen atoms in total. The van der Waals surface area contributed by atoms with Crippen molar-refractivity contribution in [3.63, 3.8) is 0 Å². The van der Waals surface area contributed by atoms with Gasteiger partial charge in [-0.1, -0.05) is 13.8 Å². The highest BCUT2D eigenvalue weighted by Gasteiger charge is 2.18. The predicted octanol–water partition coefficient (Wildman–Crippen LogP) is -0.0105. The van der Waals surface area contributed by atoms with E-state index in [4.69, 9.17) is 5.11 Å². The normalized spacial score (nSPS) is 11.1. The molecule has 0 aliphatic carbocycles. The minimum absolute atomic E-state index is 0.0739. The summed E-state index contributed by atoms with van der Waals surface area (Å²) in [5.74, 6) is -0.312. The average molecular weight is 230 g/mol. The van der Waals surface area contributed by atoms with Gasteiger partial charge in [0.1, 0.15) is 0 Å². The van der Waals surface area contributed by atoms with Gasteiger partial charge in [-0.15, -0.1) is 0 Å². The summed E-state index contributed by atoms with van der Waals surface area (Å²) in [7, 11) is 1.58. The van der Waals surface area contributed by atoms with Crippen LogP contribution >= 0.6 is 0 Å². The summed E-state index contributed by atoms with van der Waals surface area (Å²) >= 11 is 0. The molecule has 0 heterocycles. The molecule has 0 aliphatic heterocycles. The van der Waals surface area contributed by atoms with Crippen LogP contribution in [0.15, 0.2) is 0 Å².